The van der Waals surface area contributed by atoms with E-state index in [1.807, 2.05) is 12.1 Å². The highest BCUT2D eigenvalue weighted by Gasteiger charge is 2.44. The largest absolute Gasteiger partial charge is 0.497 e. The SMILES string of the molecule is CCCC[N+](CCCC)(CCCC)C(CCC)C(OCC(=O)O)C(=O)NCCN1CCCC(Cc2ccc(-c3ccc(OC)cc3)cc2)C1. The van der Waals surface area contributed by atoms with Crippen LogP contribution in [0.2, 0.25) is 0 Å². The molecule has 8 heteroatoms. The molecule has 0 spiro atoms. The third-order valence-electron chi connectivity index (χ3n) is 10.4. The molecule has 0 bridgehead atoms. The van der Waals surface area contributed by atoms with E-state index in [1.54, 1.807) is 7.11 Å². The average molecular weight is 681 g/mol. The molecule has 2 aromatic rings. The summed E-state index contributed by atoms with van der Waals surface area (Å²) in [5, 5.41) is 12.8. The van der Waals surface area contributed by atoms with E-state index < -0.39 is 18.7 Å². The molecule has 8 nitrogen and oxygen atoms in total. The standard InChI is InChI=1S/C41H65N3O5/c1-6-10-27-44(28-11-7-2,29-12-8-3)38(14-9-4)40(49-32-39(45)46)41(47)42-24-26-43-25-13-15-34(31-43)30-33-16-18-35(19-17-33)36-20-22-37(48-5)23-21-36/h16-23,34,38,40H,6-15,24-32H2,1-5H3,(H-,42,45,46,47)/p+1. The predicted octanol–water partition coefficient (Wildman–Crippen LogP) is 7.59. The first-order valence-corrected chi connectivity index (χ1v) is 19.2. The van der Waals surface area contributed by atoms with Crippen LogP contribution in [0.1, 0.15) is 97.5 Å². The van der Waals surface area contributed by atoms with E-state index >= 15 is 0 Å². The topological polar surface area (TPSA) is 88.1 Å². The van der Waals surface area contributed by atoms with Crippen LogP contribution in [0, 0.1) is 5.92 Å². The van der Waals surface area contributed by atoms with Gasteiger partial charge in [-0.1, -0.05) is 89.8 Å². The van der Waals surface area contributed by atoms with Gasteiger partial charge in [-0.3, -0.25) is 4.79 Å². The molecule has 49 heavy (non-hydrogen) atoms. The minimum absolute atomic E-state index is 0.0653. The molecule has 1 aliphatic heterocycles. The van der Waals surface area contributed by atoms with Gasteiger partial charge >= 0.3 is 5.97 Å². The lowest BCUT2D eigenvalue weighted by Crippen LogP contribution is -2.64. The fourth-order valence-electron chi connectivity index (χ4n) is 7.69. The van der Waals surface area contributed by atoms with Gasteiger partial charge in [0.2, 0.25) is 0 Å². The van der Waals surface area contributed by atoms with Crippen LogP contribution in [0.4, 0.5) is 0 Å². The summed E-state index contributed by atoms with van der Waals surface area (Å²) in [7, 11) is 1.69. The van der Waals surface area contributed by atoms with Crippen molar-refractivity contribution in [3.63, 3.8) is 0 Å². The van der Waals surface area contributed by atoms with Crippen LogP contribution in [0.25, 0.3) is 11.1 Å². The number of unbranched alkanes of at least 4 members (excludes halogenated alkanes) is 3. The number of hydrogen-bond acceptors (Lipinski definition) is 5. The minimum atomic E-state index is -1.03. The predicted molar refractivity (Wildman–Crippen MR) is 200 cm³/mol. The monoisotopic (exact) mass is 680 g/mol. The quantitative estimate of drug-likeness (QED) is 0.111. The normalized spacial score (nSPS) is 16.6. The third kappa shape index (κ3) is 13.0. The summed E-state index contributed by atoms with van der Waals surface area (Å²) in [6.07, 6.45) is 10.9. The van der Waals surface area contributed by atoms with Gasteiger partial charge in [0, 0.05) is 26.1 Å². The van der Waals surface area contributed by atoms with Crippen LogP contribution < -0.4 is 10.1 Å². The molecule has 3 unspecified atom stereocenters. The number of amides is 1. The number of carbonyl (C=O) groups excluding carboxylic acids is 1. The molecule has 2 N–H and O–H groups in total. The van der Waals surface area contributed by atoms with Crippen molar-refractivity contribution < 1.29 is 28.7 Å². The molecule has 0 radical (unpaired) electrons. The molecule has 1 fully saturated rings. The molecule has 1 amide bonds. The van der Waals surface area contributed by atoms with Gasteiger partial charge in [0.1, 0.15) is 18.4 Å². The van der Waals surface area contributed by atoms with Crippen molar-refractivity contribution in [3.05, 3.63) is 54.1 Å². The molecule has 0 saturated carbocycles. The minimum Gasteiger partial charge on any atom is -0.497 e. The molecule has 2 aromatic carbocycles. The average Bonchev–Trinajstić information content (AvgIpc) is 3.11. The van der Waals surface area contributed by atoms with Crippen LogP contribution >= 0.6 is 0 Å². The molecule has 3 atom stereocenters. The fraction of sp³-hybridized carbons (Fsp3) is 0.659. The Labute approximate surface area is 297 Å². The Morgan fingerprint density at radius 3 is 2.02 bits per heavy atom. The van der Waals surface area contributed by atoms with Crippen molar-refractivity contribution in [3.8, 4) is 16.9 Å². The zero-order chi connectivity index (χ0) is 35.5. The van der Waals surface area contributed by atoms with E-state index in [9.17, 15) is 14.7 Å². The summed E-state index contributed by atoms with van der Waals surface area (Å²) in [6.45, 7) is 14.7. The first-order valence-electron chi connectivity index (χ1n) is 19.2. The number of rotatable bonds is 24. The van der Waals surface area contributed by atoms with Crippen LogP contribution in [-0.2, 0) is 20.7 Å². The Balaban J connectivity index is 1.64. The number of carboxylic acids is 1. The highest BCUT2D eigenvalue weighted by atomic mass is 16.5. The number of methoxy groups -OCH3 is 1. The second-order valence-corrected chi connectivity index (χ2v) is 14.2. The van der Waals surface area contributed by atoms with Crippen LogP contribution in [-0.4, -0.2) is 98.0 Å². The lowest BCUT2D eigenvalue weighted by Gasteiger charge is -2.47. The Bertz CT molecular complexity index is 1200. The Morgan fingerprint density at radius 1 is 0.898 bits per heavy atom. The summed E-state index contributed by atoms with van der Waals surface area (Å²) < 4.78 is 12.2. The number of aliphatic carboxylic acids is 1. The van der Waals surface area contributed by atoms with Gasteiger partial charge in [0.25, 0.3) is 5.91 Å². The first-order chi connectivity index (χ1) is 23.8. The number of nitrogens with one attached hydrogen (secondary N) is 1. The number of benzene rings is 2. The molecule has 3 rings (SSSR count). The van der Waals surface area contributed by atoms with Gasteiger partial charge < -0.3 is 29.3 Å². The lowest BCUT2D eigenvalue weighted by molar-refractivity contribution is -0.954. The van der Waals surface area contributed by atoms with E-state index in [4.69, 9.17) is 9.47 Å². The number of ether oxygens (including phenoxy) is 2. The highest BCUT2D eigenvalue weighted by molar-refractivity contribution is 5.82. The summed E-state index contributed by atoms with van der Waals surface area (Å²) in [5.41, 5.74) is 3.74. The second kappa shape index (κ2) is 22.0. The molecule has 1 heterocycles. The number of quaternary nitrogens is 1. The number of carboxylic acid groups (broad SMARTS) is 1. The van der Waals surface area contributed by atoms with E-state index in [-0.39, 0.29) is 11.9 Å². The van der Waals surface area contributed by atoms with Crippen LogP contribution in [0.5, 0.6) is 5.75 Å². The van der Waals surface area contributed by atoms with Crippen molar-refractivity contribution in [2.75, 3.05) is 59.5 Å². The van der Waals surface area contributed by atoms with E-state index in [0.717, 1.165) is 114 Å². The zero-order valence-corrected chi connectivity index (χ0v) is 31.3. The summed E-state index contributed by atoms with van der Waals surface area (Å²) >= 11 is 0. The molecule has 1 aliphatic rings. The summed E-state index contributed by atoms with van der Waals surface area (Å²) in [5.74, 6) is 0.251. The number of carbonyl (C=O) groups is 2. The molecular weight excluding hydrogens is 614 g/mol. The molecule has 1 saturated heterocycles. The Morgan fingerprint density at radius 2 is 1.49 bits per heavy atom. The first kappa shape index (κ1) is 40.5. The third-order valence-corrected chi connectivity index (χ3v) is 10.4. The van der Waals surface area contributed by atoms with Crippen molar-refractivity contribution >= 4 is 11.9 Å². The van der Waals surface area contributed by atoms with Crippen molar-refractivity contribution in [2.24, 2.45) is 5.92 Å². The van der Waals surface area contributed by atoms with E-state index in [2.05, 4.69) is 74.3 Å². The van der Waals surface area contributed by atoms with Crippen LogP contribution in [0.15, 0.2) is 48.5 Å². The summed E-state index contributed by atoms with van der Waals surface area (Å²) in [6, 6.07) is 17.0. The number of hydrogen-bond donors (Lipinski definition) is 2. The molecule has 274 valence electrons. The van der Waals surface area contributed by atoms with Gasteiger partial charge in [-0.15, -0.1) is 0 Å². The maximum atomic E-state index is 14.0. The fourth-order valence-corrected chi connectivity index (χ4v) is 7.69. The maximum Gasteiger partial charge on any atom is 0.329 e. The van der Waals surface area contributed by atoms with E-state index in [0.29, 0.717) is 12.5 Å². The summed E-state index contributed by atoms with van der Waals surface area (Å²) in [4.78, 5) is 28.1. The van der Waals surface area contributed by atoms with Crippen molar-refractivity contribution in [2.45, 2.75) is 110 Å². The van der Waals surface area contributed by atoms with Gasteiger partial charge in [0.05, 0.1) is 26.7 Å². The van der Waals surface area contributed by atoms with Crippen LogP contribution in [0.3, 0.4) is 0 Å². The lowest BCUT2D eigenvalue weighted by atomic mass is 9.90. The second-order valence-electron chi connectivity index (χ2n) is 14.2. The van der Waals surface area contributed by atoms with Gasteiger partial charge in [-0.05, 0) is 79.8 Å². The molecular formula is C41H66N3O5+. The Hall–Kier alpha value is -2.94. The smallest absolute Gasteiger partial charge is 0.329 e. The van der Waals surface area contributed by atoms with Gasteiger partial charge in [-0.2, -0.15) is 0 Å². The van der Waals surface area contributed by atoms with E-state index in [1.165, 1.54) is 23.1 Å². The zero-order valence-electron chi connectivity index (χ0n) is 31.3. The number of likely N-dealkylation sites (tertiary alicyclic amines) is 1. The number of piperidine rings is 1. The Kier molecular flexibility index (Phi) is 18.2. The van der Waals surface area contributed by atoms with Crippen molar-refractivity contribution in [1.29, 1.82) is 0 Å². The maximum absolute atomic E-state index is 14.0. The highest BCUT2D eigenvalue weighted by Crippen LogP contribution is 2.28. The molecule has 0 aromatic heterocycles. The molecule has 0 aliphatic carbocycles. The number of nitrogens with zero attached hydrogens (tertiary/aromatic N) is 2. The van der Waals surface area contributed by atoms with Gasteiger partial charge in [0.15, 0.2) is 6.10 Å². The van der Waals surface area contributed by atoms with Crippen molar-refractivity contribution in [1.82, 2.24) is 10.2 Å². The van der Waals surface area contributed by atoms with Gasteiger partial charge in [-0.25, -0.2) is 4.79 Å².